The second-order valence-electron chi connectivity index (χ2n) is 4.25. The van der Waals surface area contributed by atoms with E-state index in [1.54, 1.807) is 30.3 Å². The molecule has 0 aromatic heterocycles. The molecule has 2 aromatic carbocycles. The van der Waals surface area contributed by atoms with Crippen molar-refractivity contribution in [2.24, 2.45) is 0 Å². The van der Waals surface area contributed by atoms with Crippen LogP contribution in [0.5, 0.6) is 5.75 Å². The lowest BCUT2D eigenvalue weighted by Gasteiger charge is -2.07. The first-order valence-electron chi connectivity index (χ1n) is 6.15. The van der Waals surface area contributed by atoms with Crippen molar-refractivity contribution in [3.63, 3.8) is 0 Å². The van der Waals surface area contributed by atoms with Gasteiger partial charge in [0, 0.05) is 5.56 Å². The van der Waals surface area contributed by atoms with Gasteiger partial charge in [0.1, 0.15) is 5.70 Å². The highest BCUT2D eigenvalue weighted by Gasteiger charge is 2.12. The highest BCUT2D eigenvalue weighted by atomic mass is 16.4. The van der Waals surface area contributed by atoms with E-state index in [4.69, 9.17) is 5.11 Å². The molecule has 21 heavy (non-hydrogen) atoms. The molecule has 0 unspecified atom stereocenters. The summed E-state index contributed by atoms with van der Waals surface area (Å²) in [5.41, 5.74) is 0.613. The molecule has 0 heterocycles. The van der Waals surface area contributed by atoms with Crippen LogP contribution in [0.3, 0.4) is 0 Å². The van der Waals surface area contributed by atoms with Crippen LogP contribution in [0, 0.1) is 0 Å². The van der Waals surface area contributed by atoms with Crippen LogP contribution in [-0.2, 0) is 4.79 Å². The Morgan fingerprint density at radius 2 is 1.62 bits per heavy atom. The number of carbonyl (C=O) groups is 2. The summed E-state index contributed by atoms with van der Waals surface area (Å²) in [6, 6.07) is 13.9. The number of hydrogen-bond donors (Lipinski definition) is 2. The summed E-state index contributed by atoms with van der Waals surface area (Å²) in [4.78, 5) is 23.1. The van der Waals surface area contributed by atoms with Crippen molar-refractivity contribution < 1.29 is 19.8 Å². The standard InChI is InChI=1S/C16H13NO4/c18-13-8-6-11(7-9-13)10-14(16(20)21)17-15(19)12-4-2-1-3-5-12/h1-10,18H,(H,17,19)(H,20,21)/p-1/b14-10-. The zero-order chi connectivity index (χ0) is 15.2. The fourth-order valence-corrected chi connectivity index (χ4v) is 1.67. The van der Waals surface area contributed by atoms with E-state index in [1.165, 1.54) is 30.3 Å². The van der Waals surface area contributed by atoms with E-state index >= 15 is 0 Å². The minimum atomic E-state index is -1.26. The van der Waals surface area contributed by atoms with Crippen LogP contribution < -0.4 is 10.4 Å². The number of carboxylic acids is 1. The highest BCUT2D eigenvalue weighted by molar-refractivity contribution is 6.02. The Balaban J connectivity index is 2.22. The normalized spacial score (nSPS) is 11.0. The number of rotatable bonds is 4. The Morgan fingerprint density at radius 3 is 2.19 bits per heavy atom. The molecule has 0 radical (unpaired) electrons. The SMILES string of the molecule is O=C(O)/C(=C/c1ccc([O-])cc1)NC(=O)c1ccccc1. The van der Waals surface area contributed by atoms with E-state index in [1.807, 2.05) is 0 Å². The first-order chi connectivity index (χ1) is 10.1. The van der Waals surface area contributed by atoms with Crippen LogP contribution >= 0.6 is 0 Å². The highest BCUT2D eigenvalue weighted by Crippen LogP contribution is 2.10. The van der Waals surface area contributed by atoms with Crippen LogP contribution in [0.1, 0.15) is 15.9 Å². The number of carboxylic acid groups (broad SMARTS) is 1. The second-order valence-corrected chi connectivity index (χ2v) is 4.25. The Hall–Kier alpha value is -3.08. The first kappa shape index (κ1) is 14.3. The number of hydrogen-bond acceptors (Lipinski definition) is 3. The quantitative estimate of drug-likeness (QED) is 0.834. The van der Waals surface area contributed by atoms with E-state index in [-0.39, 0.29) is 11.4 Å². The molecule has 0 bridgehead atoms. The van der Waals surface area contributed by atoms with Crippen LogP contribution in [0.25, 0.3) is 6.08 Å². The number of benzene rings is 2. The van der Waals surface area contributed by atoms with Crippen molar-refractivity contribution in [2.75, 3.05) is 0 Å². The molecule has 0 aliphatic heterocycles. The van der Waals surface area contributed by atoms with Gasteiger partial charge in [-0.2, -0.15) is 0 Å². The molecule has 0 atom stereocenters. The fourth-order valence-electron chi connectivity index (χ4n) is 1.67. The lowest BCUT2D eigenvalue weighted by molar-refractivity contribution is -0.268. The summed E-state index contributed by atoms with van der Waals surface area (Å²) in [6.45, 7) is 0. The Kier molecular flexibility index (Phi) is 4.36. The van der Waals surface area contributed by atoms with Gasteiger partial charge in [0.15, 0.2) is 0 Å². The van der Waals surface area contributed by atoms with Crippen molar-refractivity contribution >= 4 is 18.0 Å². The molecule has 2 N–H and O–H groups in total. The van der Waals surface area contributed by atoms with Crippen molar-refractivity contribution in [2.45, 2.75) is 0 Å². The van der Waals surface area contributed by atoms with Crippen LogP contribution in [0.4, 0.5) is 0 Å². The van der Waals surface area contributed by atoms with E-state index in [0.717, 1.165) is 0 Å². The molecule has 0 aliphatic rings. The van der Waals surface area contributed by atoms with Crippen molar-refractivity contribution in [1.82, 2.24) is 5.32 Å². The average Bonchev–Trinajstić information content (AvgIpc) is 2.49. The molecule has 5 heteroatoms. The minimum Gasteiger partial charge on any atom is -0.872 e. The van der Waals surface area contributed by atoms with Gasteiger partial charge in [-0.25, -0.2) is 4.79 Å². The minimum absolute atomic E-state index is 0.169. The zero-order valence-electron chi connectivity index (χ0n) is 10.9. The van der Waals surface area contributed by atoms with E-state index < -0.39 is 11.9 Å². The Morgan fingerprint density at radius 1 is 1.00 bits per heavy atom. The summed E-state index contributed by atoms with van der Waals surface area (Å²) in [7, 11) is 0. The molecule has 5 nitrogen and oxygen atoms in total. The van der Waals surface area contributed by atoms with Gasteiger partial charge >= 0.3 is 5.97 Å². The Labute approximate surface area is 121 Å². The van der Waals surface area contributed by atoms with Gasteiger partial charge in [0.25, 0.3) is 5.91 Å². The average molecular weight is 282 g/mol. The molecule has 0 saturated heterocycles. The second kappa shape index (κ2) is 6.38. The maximum absolute atomic E-state index is 11.9. The Bertz CT molecular complexity index is 675. The predicted molar refractivity (Wildman–Crippen MR) is 75.4 cm³/mol. The van der Waals surface area contributed by atoms with Crippen molar-refractivity contribution in [3.8, 4) is 5.75 Å². The maximum atomic E-state index is 11.9. The number of nitrogens with one attached hydrogen (secondary N) is 1. The monoisotopic (exact) mass is 282 g/mol. The van der Waals surface area contributed by atoms with Crippen LogP contribution in [0.15, 0.2) is 60.3 Å². The molecular formula is C16H12NO4-. The third-order valence-electron chi connectivity index (χ3n) is 2.71. The van der Waals surface area contributed by atoms with E-state index in [2.05, 4.69) is 5.32 Å². The third kappa shape index (κ3) is 3.94. The molecule has 2 rings (SSSR count). The summed E-state index contributed by atoms with van der Waals surface area (Å²) >= 11 is 0. The lowest BCUT2D eigenvalue weighted by atomic mass is 10.1. The third-order valence-corrected chi connectivity index (χ3v) is 2.71. The van der Waals surface area contributed by atoms with Gasteiger partial charge in [-0.3, -0.25) is 4.79 Å². The zero-order valence-corrected chi connectivity index (χ0v) is 10.9. The molecular weight excluding hydrogens is 270 g/mol. The van der Waals surface area contributed by atoms with Crippen molar-refractivity contribution in [3.05, 3.63) is 71.4 Å². The summed E-state index contributed by atoms with van der Waals surface area (Å²) in [5, 5.41) is 22.5. The molecule has 0 spiro atoms. The van der Waals surface area contributed by atoms with Crippen molar-refractivity contribution in [1.29, 1.82) is 0 Å². The summed E-state index contributed by atoms with van der Waals surface area (Å²) in [6.07, 6.45) is 1.29. The molecule has 0 aliphatic carbocycles. The summed E-state index contributed by atoms with van der Waals surface area (Å²) in [5.74, 6) is -1.94. The largest absolute Gasteiger partial charge is 0.872 e. The van der Waals surface area contributed by atoms with E-state index in [9.17, 15) is 14.7 Å². The lowest BCUT2D eigenvalue weighted by Crippen LogP contribution is -2.27. The number of aliphatic carboxylic acids is 1. The fraction of sp³-hybridized carbons (Fsp3) is 0. The van der Waals surface area contributed by atoms with Crippen LogP contribution in [-0.4, -0.2) is 17.0 Å². The predicted octanol–water partition coefficient (Wildman–Crippen LogP) is 1.62. The van der Waals surface area contributed by atoms with E-state index in [0.29, 0.717) is 11.1 Å². The van der Waals surface area contributed by atoms with Gasteiger partial charge < -0.3 is 15.5 Å². The maximum Gasteiger partial charge on any atom is 0.352 e. The molecule has 0 fully saturated rings. The molecule has 106 valence electrons. The first-order valence-corrected chi connectivity index (χ1v) is 6.15. The van der Waals surface area contributed by atoms with Gasteiger partial charge in [0.05, 0.1) is 0 Å². The van der Waals surface area contributed by atoms with Gasteiger partial charge in [0.2, 0.25) is 0 Å². The smallest absolute Gasteiger partial charge is 0.352 e. The molecule has 1 amide bonds. The van der Waals surface area contributed by atoms with Gasteiger partial charge in [-0.05, 0) is 23.8 Å². The molecule has 0 saturated carbocycles. The summed E-state index contributed by atoms with van der Waals surface area (Å²) < 4.78 is 0. The van der Waals surface area contributed by atoms with Gasteiger partial charge in [-0.15, -0.1) is 5.75 Å². The van der Waals surface area contributed by atoms with Crippen LogP contribution in [0.2, 0.25) is 0 Å². The number of amides is 1. The molecule has 2 aromatic rings. The van der Waals surface area contributed by atoms with Gasteiger partial charge in [-0.1, -0.05) is 42.5 Å². The topological polar surface area (TPSA) is 89.5 Å². The number of carbonyl (C=O) groups excluding carboxylic acids is 1.